The van der Waals surface area contributed by atoms with E-state index in [1.807, 2.05) is 6.08 Å². The Morgan fingerprint density at radius 2 is 2.00 bits per heavy atom. The first-order valence-corrected chi connectivity index (χ1v) is 3.68. The van der Waals surface area contributed by atoms with Crippen molar-refractivity contribution in [1.82, 2.24) is 0 Å². The molecule has 11 heavy (non-hydrogen) atoms. The van der Waals surface area contributed by atoms with Crippen molar-refractivity contribution in [1.29, 1.82) is 0 Å². The molecule has 0 nitrogen and oxygen atoms in total. The maximum absolute atomic E-state index is 3.75. The van der Waals surface area contributed by atoms with Gasteiger partial charge in [-0.05, 0) is 16.7 Å². The molecule has 0 amide bonds. The minimum atomic E-state index is 1.22. The first-order valence-electron chi connectivity index (χ1n) is 3.68. The van der Waals surface area contributed by atoms with E-state index in [1.54, 1.807) is 0 Å². The molecule has 0 N–H and O–H groups in total. The van der Waals surface area contributed by atoms with E-state index in [9.17, 15) is 0 Å². The van der Waals surface area contributed by atoms with Crippen LogP contribution in [-0.2, 0) is 0 Å². The van der Waals surface area contributed by atoms with E-state index in [-0.39, 0.29) is 0 Å². The molecular formula is C11H9. The van der Waals surface area contributed by atoms with Crippen LogP contribution < -0.4 is 0 Å². The number of benzene rings is 1. The molecule has 0 aromatic heterocycles. The van der Waals surface area contributed by atoms with E-state index < -0.39 is 0 Å². The van der Waals surface area contributed by atoms with Crippen LogP contribution in [-0.4, -0.2) is 0 Å². The monoisotopic (exact) mass is 141 g/mol. The normalized spacial score (nSPS) is 14.0. The van der Waals surface area contributed by atoms with Crippen LogP contribution in [0.1, 0.15) is 11.1 Å². The van der Waals surface area contributed by atoms with Crippen molar-refractivity contribution in [3.05, 3.63) is 60.5 Å². The van der Waals surface area contributed by atoms with Gasteiger partial charge in [-0.1, -0.05) is 43.0 Å². The second-order valence-electron chi connectivity index (χ2n) is 2.58. The average Bonchev–Trinajstić information content (AvgIpc) is 2.47. The van der Waals surface area contributed by atoms with Crippen LogP contribution in [0, 0.1) is 6.42 Å². The van der Waals surface area contributed by atoms with Gasteiger partial charge in [-0.2, -0.15) is 0 Å². The molecule has 1 aromatic carbocycles. The molecule has 0 saturated heterocycles. The summed E-state index contributed by atoms with van der Waals surface area (Å²) in [7, 11) is 0. The molecule has 0 bridgehead atoms. The Hall–Kier alpha value is -1.30. The lowest BCUT2D eigenvalue weighted by Crippen LogP contribution is -1.79. The molecule has 1 aliphatic rings. The SMILES string of the molecule is C=CC1=C[CH]c2ccccc21. The number of hydrogen-bond donors (Lipinski definition) is 0. The second-order valence-corrected chi connectivity index (χ2v) is 2.58. The van der Waals surface area contributed by atoms with E-state index in [4.69, 9.17) is 0 Å². The first kappa shape index (κ1) is 6.41. The van der Waals surface area contributed by atoms with E-state index in [0.717, 1.165) is 0 Å². The lowest BCUT2D eigenvalue weighted by Gasteiger charge is -1.98. The van der Waals surface area contributed by atoms with Crippen molar-refractivity contribution in [2.24, 2.45) is 0 Å². The summed E-state index contributed by atoms with van der Waals surface area (Å²) in [5.74, 6) is 0. The molecule has 0 unspecified atom stereocenters. The molecule has 0 atom stereocenters. The summed E-state index contributed by atoms with van der Waals surface area (Å²) in [6.07, 6.45) is 6.10. The summed E-state index contributed by atoms with van der Waals surface area (Å²) in [6.45, 7) is 3.75. The molecule has 53 valence electrons. The van der Waals surface area contributed by atoms with Crippen LogP contribution in [0.15, 0.2) is 43.0 Å². The minimum absolute atomic E-state index is 1.22. The topological polar surface area (TPSA) is 0 Å². The third-order valence-electron chi connectivity index (χ3n) is 1.93. The van der Waals surface area contributed by atoms with Crippen molar-refractivity contribution >= 4 is 5.57 Å². The Morgan fingerprint density at radius 1 is 1.18 bits per heavy atom. The molecule has 0 heterocycles. The zero-order chi connectivity index (χ0) is 7.68. The van der Waals surface area contributed by atoms with Crippen LogP contribution in [0.25, 0.3) is 5.57 Å². The Balaban J connectivity index is 2.56. The predicted octanol–water partition coefficient (Wildman–Crippen LogP) is 2.82. The highest BCUT2D eigenvalue weighted by Gasteiger charge is 2.09. The van der Waals surface area contributed by atoms with Gasteiger partial charge in [0.1, 0.15) is 0 Å². The van der Waals surface area contributed by atoms with Gasteiger partial charge in [0.25, 0.3) is 0 Å². The Morgan fingerprint density at radius 3 is 2.82 bits per heavy atom. The van der Waals surface area contributed by atoms with Crippen LogP contribution in [0.3, 0.4) is 0 Å². The fourth-order valence-electron chi connectivity index (χ4n) is 1.35. The fraction of sp³-hybridized carbons (Fsp3) is 0. The highest BCUT2D eigenvalue weighted by atomic mass is 14.1. The van der Waals surface area contributed by atoms with E-state index in [2.05, 4.69) is 43.3 Å². The lowest BCUT2D eigenvalue weighted by atomic mass is 10.1. The maximum atomic E-state index is 3.75. The van der Waals surface area contributed by atoms with Crippen molar-refractivity contribution in [3.8, 4) is 0 Å². The largest absolute Gasteiger partial charge is 0.0985 e. The minimum Gasteiger partial charge on any atom is -0.0985 e. The number of allylic oxidation sites excluding steroid dienone is 3. The molecular weight excluding hydrogens is 132 g/mol. The van der Waals surface area contributed by atoms with E-state index in [0.29, 0.717) is 0 Å². The molecule has 0 aliphatic heterocycles. The fourth-order valence-corrected chi connectivity index (χ4v) is 1.35. The van der Waals surface area contributed by atoms with Crippen LogP contribution in [0.4, 0.5) is 0 Å². The summed E-state index contributed by atoms with van der Waals surface area (Å²) < 4.78 is 0. The van der Waals surface area contributed by atoms with Gasteiger partial charge in [0.2, 0.25) is 0 Å². The maximum Gasteiger partial charge on any atom is 0.0137 e. The van der Waals surface area contributed by atoms with Crippen molar-refractivity contribution in [2.75, 3.05) is 0 Å². The predicted molar refractivity (Wildman–Crippen MR) is 48.0 cm³/mol. The smallest absolute Gasteiger partial charge is 0.0137 e. The van der Waals surface area contributed by atoms with Crippen molar-refractivity contribution < 1.29 is 0 Å². The number of hydrogen-bond acceptors (Lipinski definition) is 0. The summed E-state index contributed by atoms with van der Waals surface area (Å²) in [5, 5.41) is 0. The van der Waals surface area contributed by atoms with Gasteiger partial charge in [-0.15, -0.1) is 0 Å². The van der Waals surface area contributed by atoms with E-state index >= 15 is 0 Å². The summed E-state index contributed by atoms with van der Waals surface area (Å²) in [4.78, 5) is 0. The van der Waals surface area contributed by atoms with Gasteiger partial charge in [0, 0.05) is 6.42 Å². The van der Waals surface area contributed by atoms with Gasteiger partial charge in [-0.25, -0.2) is 0 Å². The molecule has 1 aromatic rings. The molecule has 0 fully saturated rings. The lowest BCUT2D eigenvalue weighted by molar-refractivity contribution is 1.54. The van der Waals surface area contributed by atoms with Crippen LogP contribution >= 0.6 is 0 Å². The van der Waals surface area contributed by atoms with Crippen molar-refractivity contribution in [3.63, 3.8) is 0 Å². The zero-order valence-corrected chi connectivity index (χ0v) is 6.25. The summed E-state index contributed by atoms with van der Waals surface area (Å²) >= 11 is 0. The quantitative estimate of drug-likeness (QED) is 0.564. The zero-order valence-electron chi connectivity index (χ0n) is 6.25. The molecule has 2 rings (SSSR count). The van der Waals surface area contributed by atoms with Crippen LogP contribution in [0.2, 0.25) is 0 Å². The van der Waals surface area contributed by atoms with Crippen LogP contribution in [0.5, 0.6) is 0 Å². The summed E-state index contributed by atoms with van der Waals surface area (Å²) in [5.41, 5.74) is 3.81. The van der Waals surface area contributed by atoms with E-state index in [1.165, 1.54) is 16.7 Å². The molecule has 0 saturated carbocycles. The molecule has 0 heteroatoms. The first-order chi connectivity index (χ1) is 5.42. The third kappa shape index (κ3) is 0.911. The number of fused-ring (bicyclic) bond motifs is 1. The Labute approximate surface area is 66.9 Å². The highest BCUT2D eigenvalue weighted by molar-refractivity contribution is 5.82. The average molecular weight is 141 g/mol. The van der Waals surface area contributed by atoms with Gasteiger partial charge < -0.3 is 0 Å². The second kappa shape index (κ2) is 2.39. The highest BCUT2D eigenvalue weighted by Crippen LogP contribution is 2.28. The van der Waals surface area contributed by atoms with Gasteiger partial charge in [-0.3, -0.25) is 0 Å². The molecule has 1 radical (unpaired) electrons. The van der Waals surface area contributed by atoms with Gasteiger partial charge in [0.15, 0.2) is 0 Å². The number of rotatable bonds is 1. The van der Waals surface area contributed by atoms with Crippen molar-refractivity contribution in [2.45, 2.75) is 0 Å². The standard InChI is InChI=1S/C11H9/c1-2-9-7-8-10-5-3-4-6-11(9)10/h2-8H,1H2. The Bertz CT molecular complexity index is 319. The Kier molecular flexibility index (Phi) is 1.39. The van der Waals surface area contributed by atoms with Gasteiger partial charge >= 0.3 is 0 Å². The molecule has 1 aliphatic carbocycles. The summed E-state index contributed by atoms with van der Waals surface area (Å²) in [6, 6.07) is 8.33. The van der Waals surface area contributed by atoms with Gasteiger partial charge in [0.05, 0.1) is 0 Å². The third-order valence-corrected chi connectivity index (χ3v) is 1.93. The molecule has 0 spiro atoms.